The molecular formula is C26H32N8O4S. The van der Waals surface area contributed by atoms with Crippen LogP contribution < -0.4 is 16.0 Å². The number of hydrogen-bond acceptors (Lipinski definition) is 9. The fraction of sp³-hybridized carbons (Fsp3) is 0.385. The van der Waals surface area contributed by atoms with Gasteiger partial charge < -0.3 is 20.4 Å². The largest absolute Gasteiger partial charge is 0.477 e. The average molecular weight is 553 g/mol. The number of benzene rings is 1. The van der Waals surface area contributed by atoms with Crippen molar-refractivity contribution in [3.63, 3.8) is 0 Å². The van der Waals surface area contributed by atoms with E-state index in [1.54, 1.807) is 23.7 Å². The highest BCUT2D eigenvalue weighted by Gasteiger charge is 2.30. The molecule has 0 bridgehead atoms. The van der Waals surface area contributed by atoms with Crippen LogP contribution >= 0.6 is 0 Å². The molecule has 0 radical (unpaired) electrons. The zero-order valence-corrected chi connectivity index (χ0v) is 23.0. The van der Waals surface area contributed by atoms with E-state index in [1.807, 2.05) is 19.1 Å². The van der Waals surface area contributed by atoms with Crippen molar-refractivity contribution in [1.82, 2.24) is 33.9 Å². The molecule has 3 N–H and O–H groups in total. The van der Waals surface area contributed by atoms with Gasteiger partial charge in [0.2, 0.25) is 15.9 Å². The minimum Gasteiger partial charge on any atom is -0.477 e. The molecule has 39 heavy (non-hydrogen) atoms. The number of nitrogen functional groups attached to an aromatic ring is 1. The molecule has 12 nitrogen and oxygen atoms in total. The minimum atomic E-state index is -3.81. The van der Waals surface area contributed by atoms with Gasteiger partial charge in [-0.2, -0.15) is 9.40 Å². The molecule has 4 aromatic rings. The van der Waals surface area contributed by atoms with Crippen LogP contribution in [-0.2, 0) is 16.4 Å². The van der Waals surface area contributed by atoms with Gasteiger partial charge in [-0.3, -0.25) is 4.79 Å². The number of pyridine rings is 1. The normalized spacial score (nSPS) is 15.2. The van der Waals surface area contributed by atoms with Crippen LogP contribution in [0, 0.1) is 0 Å². The summed E-state index contributed by atoms with van der Waals surface area (Å²) in [6.07, 6.45) is 1.84. The first-order valence-electron chi connectivity index (χ1n) is 13.0. The molecule has 0 unspecified atom stereocenters. The molecule has 0 atom stereocenters. The Morgan fingerprint density at radius 3 is 2.41 bits per heavy atom. The summed E-state index contributed by atoms with van der Waals surface area (Å²) in [6, 6.07) is 8.64. The Balaban J connectivity index is 1.62. The number of anilines is 1. The number of likely N-dealkylation sites (N-methyl/N-ethyl adjacent to an activating group) is 1. The quantitative estimate of drug-likeness (QED) is 0.313. The summed E-state index contributed by atoms with van der Waals surface area (Å²) in [7, 11) is -3.81. The molecule has 0 aliphatic carbocycles. The standard InChI is InChI=1S/C26H32N8O4S/c1-4-21-22-23(31-34(21)18-9-7-17(27)8-10-18)25(35)30-24(29-22)20-15-19(16-28-26(20)38-6-3)39(36,37)33-13-11-32(5-2)12-14-33/h7-10,15-16H,4-6,11-14,27H2,1-3H3,(H,29,30,35). The number of aromatic nitrogens is 5. The fourth-order valence-electron chi connectivity index (χ4n) is 4.73. The van der Waals surface area contributed by atoms with Gasteiger partial charge in [-0.25, -0.2) is 23.1 Å². The Labute approximate surface area is 226 Å². The Morgan fingerprint density at radius 2 is 1.77 bits per heavy atom. The first kappa shape index (κ1) is 26.8. The van der Waals surface area contributed by atoms with E-state index < -0.39 is 15.6 Å². The zero-order chi connectivity index (χ0) is 27.7. The third-order valence-electron chi connectivity index (χ3n) is 6.87. The van der Waals surface area contributed by atoms with Gasteiger partial charge in [-0.1, -0.05) is 13.8 Å². The molecule has 0 amide bonds. The molecule has 1 aliphatic rings. The van der Waals surface area contributed by atoms with Crippen molar-refractivity contribution in [1.29, 1.82) is 0 Å². The van der Waals surface area contributed by atoms with Gasteiger partial charge in [0, 0.05) is 31.9 Å². The van der Waals surface area contributed by atoms with Crippen LogP contribution in [0.15, 0.2) is 46.2 Å². The first-order chi connectivity index (χ1) is 18.8. The van der Waals surface area contributed by atoms with Gasteiger partial charge in [-0.15, -0.1) is 0 Å². The number of hydrogen-bond donors (Lipinski definition) is 2. The average Bonchev–Trinajstić information content (AvgIpc) is 3.33. The maximum atomic E-state index is 13.5. The number of sulfonamides is 1. The molecule has 13 heteroatoms. The number of aromatic amines is 1. The van der Waals surface area contributed by atoms with Crippen LogP contribution in [0.25, 0.3) is 28.1 Å². The molecule has 1 aliphatic heterocycles. The van der Waals surface area contributed by atoms with Crippen LogP contribution in [0.2, 0.25) is 0 Å². The highest BCUT2D eigenvalue weighted by molar-refractivity contribution is 7.89. The number of H-pyrrole nitrogens is 1. The molecule has 4 heterocycles. The predicted octanol–water partition coefficient (Wildman–Crippen LogP) is 2.04. The van der Waals surface area contributed by atoms with Gasteiger partial charge in [-0.05, 0) is 50.2 Å². The summed E-state index contributed by atoms with van der Waals surface area (Å²) in [6.45, 7) is 9.09. The lowest BCUT2D eigenvalue weighted by Gasteiger charge is -2.33. The van der Waals surface area contributed by atoms with Gasteiger partial charge in [0.1, 0.15) is 16.2 Å². The van der Waals surface area contributed by atoms with Crippen molar-refractivity contribution in [2.24, 2.45) is 0 Å². The van der Waals surface area contributed by atoms with Crippen LogP contribution in [0.1, 0.15) is 26.5 Å². The monoisotopic (exact) mass is 552 g/mol. The van der Waals surface area contributed by atoms with E-state index in [0.29, 0.717) is 50.4 Å². The Morgan fingerprint density at radius 1 is 1.05 bits per heavy atom. The summed E-state index contributed by atoms with van der Waals surface area (Å²) in [5.74, 6) is 0.335. The second kappa shape index (κ2) is 10.8. The number of rotatable bonds is 8. The summed E-state index contributed by atoms with van der Waals surface area (Å²) in [5.41, 5.74) is 8.35. The van der Waals surface area contributed by atoms with E-state index in [0.717, 1.165) is 17.9 Å². The third-order valence-corrected chi connectivity index (χ3v) is 8.74. The molecule has 5 rings (SSSR count). The van der Waals surface area contributed by atoms with Crippen LogP contribution in [0.4, 0.5) is 5.69 Å². The van der Waals surface area contributed by atoms with Gasteiger partial charge >= 0.3 is 0 Å². The van der Waals surface area contributed by atoms with E-state index in [4.69, 9.17) is 15.5 Å². The molecular weight excluding hydrogens is 520 g/mol. The second-order valence-corrected chi connectivity index (χ2v) is 11.1. The van der Waals surface area contributed by atoms with E-state index in [-0.39, 0.29) is 27.7 Å². The highest BCUT2D eigenvalue weighted by atomic mass is 32.2. The Kier molecular flexibility index (Phi) is 7.38. The Hall–Kier alpha value is -3.81. The van der Waals surface area contributed by atoms with E-state index in [2.05, 4.69) is 26.9 Å². The lowest BCUT2D eigenvalue weighted by atomic mass is 10.2. The highest BCUT2D eigenvalue weighted by Crippen LogP contribution is 2.30. The number of ether oxygens (including phenoxy) is 1. The first-order valence-corrected chi connectivity index (χ1v) is 14.4. The molecule has 0 saturated carbocycles. The lowest BCUT2D eigenvalue weighted by Crippen LogP contribution is -2.48. The maximum absolute atomic E-state index is 13.5. The van der Waals surface area contributed by atoms with Crippen molar-refractivity contribution in [2.45, 2.75) is 32.1 Å². The van der Waals surface area contributed by atoms with Gasteiger partial charge in [0.05, 0.1) is 29.7 Å². The summed E-state index contributed by atoms with van der Waals surface area (Å²) in [5, 5.41) is 4.52. The van der Waals surface area contributed by atoms with Crippen molar-refractivity contribution >= 4 is 26.7 Å². The summed E-state index contributed by atoms with van der Waals surface area (Å²) >= 11 is 0. The molecule has 0 spiro atoms. The smallest absolute Gasteiger partial charge is 0.279 e. The number of nitrogens with one attached hydrogen (secondary N) is 1. The number of aryl methyl sites for hydroxylation is 1. The Bertz CT molecular complexity index is 1660. The fourth-order valence-corrected chi connectivity index (χ4v) is 6.12. The summed E-state index contributed by atoms with van der Waals surface area (Å²) < 4.78 is 35.9. The molecule has 206 valence electrons. The van der Waals surface area contributed by atoms with E-state index >= 15 is 0 Å². The van der Waals surface area contributed by atoms with E-state index in [1.165, 1.54) is 16.6 Å². The molecule has 3 aromatic heterocycles. The minimum absolute atomic E-state index is 0.0157. The van der Waals surface area contributed by atoms with Crippen LogP contribution in [0.3, 0.4) is 0 Å². The van der Waals surface area contributed by atoms with Crippen molar-refractivity contribution in [3.05, 3.63) is 52.6 Å². The van der Waals surface area contributed by atoms with Crippen LogP contribution in [0.5, 0.6) is 5.88 Å². The lowest BCUT2D eigenvalue weighted by molar-refractivity contribution is 0.196. The van der Waals surface area contributed by atoms with Crippen molar-refractivity contribution in [2.75, 3.05) is 45.1 Å². The zero-order valence-electron chi connectivity index (χ0n) is 22.2. The number of fused-ring (bicyclic) bond motifs is 1. The number of nitrogens with two attached hydrogens (primary N) is 1. The molecule has 1 saturated heterocycles. The van der Waals surface area contributed by atoms with Crippen molar-refractivity contribution in [3.8, 4) is 23.0 Å². The topological polar surface area (TPSA) is 152 Å². The predicted molar refractivity (Wildman–Crippen MR) is 149 cm³/mol. The number of nitrogens with zero attached hydrogens (tertiary/aromatic N) is 6. The molecule has 1 aromatic carbocycles. The number of piperazine rings is 1. The SMILES string of the molecule is CCOc1ncc(S(=O)(=O)N2CCN(CC)CC2)cc1-c1nc2c(CC)n(-c3ccc(N)cc3)nc2c(=O)[nH]1. The summed E-state index contributed by atoms with van der Waals surface area (Å²) in [4.78, 5) is 27.3. The third kappa shape index (κ3) is 5.00. The van der Waals surface area contributed by atoms with E-state index in [9.17, 15) is 13.2 Å². The van der Waals surface area contributed by atoms with Gasteiger partial charge in [0.25, 0.3) is 5.56 Å². The second-order valence-electron chi connectivity index (χ2n) is 9.21. The van der Waals surface area contributed by atoms with Crippen molar-refractivity contribution < 1.29 is 13.2 Å². The molecule has 1 fully saturated rings. The van der Waals surface area contributed by atoms with Crippen LogP contribution in [-0.4, -0.2) is 81.7 Å². The van der Waals surface area contributed by atoms with Gasteiger partial charge in [0.15, 0.2) is 5.52 Å². The maximum Gasteiger partial charge on any atom is 0.279 e.